The molecule has 0 atom stereocenters. The molecule has 0 fully saturated rings. The van der Waals surface area contributed by atoms with E-state index in [1.165, 1.54) is 0 Å². The van der Waals surface area contributed by atoms with Gasteiger partial charge in [0.2, 0.25) is 0 Å². The van der Waals surface area contributed by atoms with Gasteiger partial charge in [0.05, 0.1) is 17.3 Å². The molecule has 1 aromatic heterocycles. The number of nitrogens with zero attached hydrogens (tertiary/aromatic N) is 2. The number of aromatic nitrogens is 2. The molecule has 18 heavy (non-hydrogen) atoms. The highest BCUT2D eigenvalue weighted by molar-refractivity contribution is 9.10. The molecule has 0 amide bonds. The van der Waals surface area contributed by atoms with E-state index in [4.69, 9.17) is 16.3 Å². The summed E-state index contributed by atoms with van der Waals surface area (Å²) in [5.74, 6) is 0.842. The molecule has 98 valence electrons. The average Bonchev–Trinajstić information content (AvgIpc) is 2.74. The lowest BCUT2D eigenvalue weighted by Crippen LogP contribution is -2.07. The number of rotatable bonds is 4. The van der Waals surface area contributed by atoms with Crippen molar-refractivity contribution < 1.29 is 4.74 Å². The minimum atomic E-state index is 0. The summed E-state index contributed by atoms with van der Waals surface area (Å²) in [6.45, 7) is 3.34. The van der Waals surface area contributed by atoms with Gasteiger partial charge in [-0.05, 0) is 40.5 Å². The highest BCUT2D eigenvalue weighted by atomic mass is 79.9. The number of benzene rings is 1. The van der Waals surface area contributed by atoms with Crippen molar-refractivity contribution in [3.63, 3.8) is 0 Å². The first kappa shape index (κ1) is 15.3. The lowest BCUT2D eigenvalue weighted by molar-refractivity contribution is 0.294. The van der Waals surface area contributed by atoms with Crippen LogP contribution in [0.15, 0.2) is 35.3 Å². The van der Waals surface area contributed by atoms with E-state index in [0.29, 0.717) is 11.6 Å². The van der Waals surface area contributed by atoms with E-state index in [2.05, 4.69) is 20.9 Å². The molecule has 3 nitrogen and oxygen atoms in total. The van der Waals surface area contributed by atoms with Crippen LogP contribution >= 0.6 is 39.9 Å². The molecule has 0 aliphatic rings. The zero-order chi connectivity index (χ0) is 12.3. The smallest absolute Gasteiger partial charge is 0.136 e. The van der Waals surface area contributed by atoms with Gasteiger partial charge in [0.25, 0.3) is 0 Å². The number of aryl methyl sites for hydroxylation is 1. The highest BCUT2D eigenvalue weighted by Crippen LogP contribution is 2.32. The van der Waals surface area contributed by atoms with Gasteiger partial charge in [0.15, 0.2) is 0 Å². The number of hydrogen-bond donors (Lipinski definition) is 0. The Balaban J connectivity index is 0.00000162. The Kier molecular flexibility index (Phi) is 5.99. The maximum atomic E-state index is 5.94. The maximum Gasteiger partial charge on any atom is 0.136 e. The lowest BCUT2D eigenvalue weighted by Gasteiger charge is -2.11. The summed E-state index contributed by atoms with van der Waals surface area (Å²) in [6.07, 6.45) is 5.43. The van der Waals surface area contributed by atoms with Gasteiger partial charge in [-0.15, -0.1) is 12.4 Å². The molecular weight excluding hydrogens is 339 g/mol. The summed E-state index contributed by atoms with van der Waals surface area (Å²) in [7, 11) is 0. The molecule has 1 heterocycles. The Hall–Kier alpha value is -0.710. The Morgan fingerprint density at radius 3 is 2.83 bits per heavy atom. The monoisotopic (exact) mass is 350 g/mol. The first-order chi connectivity index (χ1) is 8.16. The molecule has 6 heteroatoms. The predicted molar refractivity (Wildman–Crippen MR) is 78.9 cm³/mol. The number of ether oxygens (including phenoxy) is 1. The molecule has 0 unspecified atom stereocenters. The van der Waals surface area contributed by atoms with Crippen LogP contribution in [-0.4, -0.2) is 16.2 Å². The van der Waals surface area contributed by atoms with Crippen LogP contribution in [0, 0.1) is 6.92 Å². The van der Waals surface area contributed by atoms with Crippen molar-refractivity contribution in [2.24, 2.45) is 0 Å². The lowest BCUT2D eigenvalue weighted by atomic mass is 10.2. The van der Waals surface area contributed by atoms with E-state index >= 15 is 0 Å². The minimum Gasteiger partial charge on any atom is -0.490 e. The van der Waals surface area contributed by atoms with Gasteiger partial charge < -0.3 is 9.30 Å². The molecule has 0 saturated heterocycles. The van der Waals surface area contributed by atoms with Crippen molar-refractivity contribution in [3.8, 4) is 5.75 Å². The molecule has 1 aromatic carbocycles. The summed E-state index contributed by atoms with van der Waals surface area (Å²) in [6, 6.07) is 3.72. The van der Waals surface area contributed by atoms with Crippen LogP contribution in [0.3, 0.4) is 0 Å². The van der Waals surface area contributed by atoms with Crippen LogP contribution in [0.1, 0.15) is 5.56 Å². The fourth-order valence-electron chi connectivity index (χ4n) is 1.54. The standard InChI is InChI=1S/C12H12BrClN2O.ClH/c1-9-6-10(14)7-11(13)12(9)17-5-4-16-3-2-15-8-16;/h2-3,6-8H,4-5H2,1H3;1H. The summed E-state index contributed by atoms with van der Waals surface area (Å²) in [5, 5.41) is 0.705. The normalized spacial score (nSPS) is 9.94. The van der Waals surface area contributed by atoms with Gasteiger partial charge in [0.1, 0.15) is 12.4 Å². The maximum absolute atomic E-state index is 5.94. The van der Waals surface area contributed by atoms with Crippen molar-refractivity contribution in [2.45, 2.75) is 13.5 Å². The number of hydrogen-bond acceptors (Lipinski definition) is 2. The molecule has 0 aliphatic carbocycles. The second kappa shape index (κ2) is 7.02. The fraction of sp³-hybridized carbons (Fsp3) is 0.250. The molecule has 0 radical (unpaired) electrons. The largest absolute Gasteiger partial charge is 0.490 e. The average molecular weight is 352 g/mol. The van der Waals surface area contributed by atoms with E-state index in [-0.39, 0.29) is 12.4 Å². The highest BCUT2D eigenvalue weighted by Gasteiger charge is 2.06. The van der Waals surface area contributed by atoms with Crippen LogP contribution < -0.4 is 4.74 Å². The van der Waals surface area contributed by atoms with Gasteiger partial charge in [-0.3, -0.25) is 0 Å². The summed E-state index contributed by atoms with van der Waals surface area (Å²) < 4.78 is 8.60. The third-order valence-electron chi connectivity index (χ3n) is 2.35. The molecule has 0 bridgehead atoms. The quantitative estimate of drug-likeness (QED) is 0.828. The third-order valence-corrected chi connectivity index (χ3v) is 3.16. The topological polar surface area (TPSA) is 27.1 Å². The van der Waals surface area contributed by atoms with Crippen molar-refractivity contribution >= 4 is 39.9 Å². The van der Waals surface area contributed by atoms with E-state index < -0.39 is 0 Å². The van der Waals surface area contributed by atoms with Gasteiger partial charge in [-0.25, -0.2) is 4.98 Å². The second-order valence-corrected chi connectivity index (χ2v) is 4.97. The van der Waals surface area contributed by atoms with Gasteiger partial charge >= 0.3 is 0 Å². The number of imidazole rings is 1. The Morgan fingerprint density at radius 2 is 2.22 bits per heavy atom. The Morgan fingerprint density at radius 1 is 1.44 bits per heavy atom. The minimum absolute atomic E-state index is 0. The molecular formula is C12H13BrCl2N2O. The zero-order valence-electron chi connectivity index (χ0n) is 9.77. The van der Waals surface area contributed by atoms with Crippen LogP contribution in [0.4, 0.5) is 0 Å². The Bertz CT molecular complexity index is 480. The molecule has 0 spiro atoms. The van der Waals surface area contributed by atoms with Gasteiger partial charge in [0, 0.05) is 17.4 Å². The molecule has 2 aromatic rings. The SMILES string of the molecule is Cc1cc(Cl)cc(Br)c1OCCn1ccnc1.Cl. The van der Waals surface area contributed by atoms with Gasteiger partial charge in [-0.2, -0.15) is 0 Å². The van der Waals surface area contributed by atoms with Crippen LogP contribution in [-0.2, 0) is 6.54 Å². The molecule has 0 saturated carbocycles. The van der Waals surface area contributed by atoms with Crippen molar-refractivity contribution in [2.75, 3.05) is 6.61 Å². The van der Waals surface area contributed by atoms with E-state index in [0.717, 1.165) is 22.3 Å². The predicted octanol–water partition coefficient (Wildman–Crippen LogP) is 4.11. The van der Waals surface area contributed by atoms with Crippen LogP contribution in [0.5, 0.6) is 5.75 Å². The van der Waals surface area contributed by atoms with Crippen molar-refractivity contribution in [1.82, 2.24) is 9.55 Å². The fourth-order valence-corrected chi connectivity index (χ4v) is 2.62. The Labute approximate surface area is 126 Å². The molecule has 2 rings (SSSR count). The van der Waals surface area contributed by atoms with Crippen LogP contribution in [0.2, 0.25) is 5.02 Å². The van der Waals surface area contributed by atoms with E-state index in [1.54, 1.807) is 12.5 Å². The summed E-state index contributed by atoms with van der Waals surface area (Å²) >= 11 is 9.39. The summed E-state index contributed by atoms with van der Waals surface area (Å²) in [5.41, 5.74) is 1.02. The van der Waals surface area contributed by atoms with Crippen LogP contribution in [0.25, 0.3) is 0 Å². The molecule has 0 aliphatic heterocycles. The van der Waals surface area contributed by atoms with E-state index in [9.17, 15) is 0 Å². The number of halogens is 3. The van der Waals surface area contributed by atoms with Crippen molar-refractivity contribution in [3.05, 3.63) is 45.9 Å². The first-order valence-corrected chi connectivity index (χ1v) is 6.38. The van der Waals surface area contributed by atoms with E-state index in [1.807, 2.05) is 29.8 Å². The molecule has 0 N–H and O–H groups in total. The van der Waals surface area contributed by atoms with Gasteiger partial charge in [-0.1, -0.05) is 11.6 Å². The third kappa shape index (κ3) is 3.90. The summed E-state index contributed by atoms with van der Waals surface area (Å²) in [4.78, 5) is 3.98. The second-order valence-electron chi connectivity index (χ2n) is 3.68. The van der Waals surface area contributed by atoms with Crippen molar-refractivity contribution in [1.29, 1.82) is 0 Å². The first-order valence-electron chi connectivity index (χ1n) is 5.21. The zero-order valence-corrected chi connectivity index (χ0v) is 12.9.